The van der Waals surface area contributed by atoms with E-state index in [4.69, 9.17) is 10.9 Å². The third-order valence-electron chi connectivity index (χ3n) is 3.39. The second kappa shape index (κ2) is 6.05. The third kappa shape index (κ3) is 3.96. The van der Waals surface area contributed by atoms with Crippen LogP contribution in [0.4, 0.5) is 11.4 Å². The molecule has 2 aromatic rings. The molecule has 1 aromatic heterocycles. The lowest BCUT2D eigenvalue weighted by Gasteiger charge is -2.27. The molecule has 0 aliphatic rings. The number of nitrogens with two attached hydrogens (primary N) is 2. The standard InChI is InChI=1S/C14H19N3O2S2/c1-10(6-13-4-3-5-20-13)17(2)12-7-11(15)8-14(9-12)21(16,18)19/h3-5,7-10H,6,15H2,1-2H3,(H2,16,18,19). The van der Waals surface area contributed by atoms with E-state index in [-0.39, 0.29) is 10.9 Å². The van der Waals surface area contributed by atoms with Crippen molar-refractivity contribution in [3.63, 3.8) is 0 Å². The fourth-order valence-electron chi connectivity index (χ4n) is 2.08. The minimum atomic E-state index is -3.76. The number of thiophene rings is 1. The number of sulfonamides is 1. The molecule has 0 spiro atoms. The van der Waals surface area contributed by atoms with Crippen LogP contribution in [0, 0.1) is 0 Å². The molecule has 1 unspecified atom stereocenters. The van der Waals surface area contributed by atoms with Crippen molar-refractivity contribution in [3.05, 3.63) is 40.6 Å². The van der Waals surface area contributed by atoms with E-state index < -0.39 is 10.0 Å². The maximum absolute atomic E-state index is 11.5. The van der Waals surface area contributed by atoms with E-state index in [1.807, 2.05) is 23.4 Å². The van der Waals surface area contributed by atoms with Gasteiger partial charge in [-0.1, -0.05) is 6.07 Å². The molecule has 0 amide bonds. The maximum atomic E-state index is 11.5. The van der Waals surface area contributed by atoms with Crippen LogP contribution < -0.4 is 15.8 Å². The highest BCUT2D eigenvalue weighted by atomic mass is 32.2. The van der Waals surface area contributed by atoms with E-state index in [1.54, 1.807) is 23.5 Å². The van der Waals surface area contributed by atoms with Crippen LogP contribution >= 0.6 is 11.3 Å². The number of hydrogen-bond acceptors (Lipinski definition) is 5. The molecule has 5 nitrogen and oxygen atoms in total. The molecule has 0 radical (unpaired) electrons. The van der Waals surface area contributed by atoms with Gasteiger partial charge < -0.3 is 10.6 Å². The lowest BCUT2D eigenvalue weighted by Crippen LogP contribution is -2.30. The molecule has 4 N–H and O–H groups in total. The van der Waals surface area contributed by atoms with Gasteiger partial charge in [0, 0.05) is 35.8 Å². The molecule has 0 fully saturated rings. The summed E-state index contributed by atoms with van der Waals surface area (Å²) in [5.41, 5.74) is 6.91. The maximum Gasteiger partial charge on any atom is 0.238 e. The normalized spacial score (nSPS) is 13.1. The highest BCUT2D eigenvalue weighted by Crippen LogP contribution is 2.25. The van der Waals surface area contributed by atoms with Gasteiger partial charge in [0.15, 0.2) is 0 Å². The Morgan fingerprint density at radius 1 is 1.33 bits per heavy atom. The number of nitrogen functional groups attached to an aromatic ring is 1. The number of primary sulfonamides is 1. The van der Waals surface area contributed by atoms with Crippen molar-refractivity contribution in [2.45, 2.75) is 24.3 Å². The average molecular weight is 325 g/mol. The molecule has 0 aliphatic heterocycles. The molecule has 0 aliphatic carbocycles. The van der Waals surface area contributed by atoms with Gasteiger partial charge in [0.2, 0.25) is 10.0 Å². The van der Waals surface area contributed by atoms with E-state index in [0.717, 1.165) is 12.1 Å². The smallest absolute Gasteiger partial charge is 0.238 e. The largest absolute Gasteiger partial charge is 0.399 e. The Morgan fingerprint density at radius 2 is 2.05 bits per heavy atom. The molecule has 114 valence electrons. The highest BCUT2D eigenvalue weighted by molar-refractivity contribution is 7.89. The Bertz CT molecular complexity index is 712. The van der Waals surface area contributed by atoms with Gasteiger partial charge >= 0.3 is 0 Å². The first kappa shape index (κ1) is 15.8. The SMILES string of the molecule is CC(Cc1cccs1)N(C)c1cc(N)cc(S(N)(=O)=O)c1. The summed E-state index contributed by atoms with van der Waals surface area (Å²) in [7, 11) is -1.84. The summed E-state index contributed by atoms with van der Waals surface area (Å²) in [6, 6.07) is 8.99. The summed E-state index contributed by atoms with van der Waals surface area (Å²) in [6.07, 6.45) is 0.883. The molecule has 21 heavy (non-hydrogen) atoms. The van der Waals surface area contributed by atoms with Crippen molar-refractivity contribution in [3.8, 4) is 0 Å². The second-order valence-electron chi connectivity index (χ2n) is 5.05. The summed E-state index contributed by atoms with van der Waals surface area (Å²) in [5.74, 6) is 0. The molecule has 1 aromatic carbocycles. The summed E-state index contributed by atoms with van der Waals surface area (Å²) < 4.78 is 23.0. The van der Waals surface area contributed by atoms with Gasteiger partial charge in [0.1, 0.15) is 0 Å². The van der Waals surface area contributed by atoms with Crippen LogP contribution in [-0.2, 0) is 16.4 Å². The van der Waals surface area contributed by atoms with Crippen LogP contribution in [0.25, 0.3) is 0 Å². The molecule has 0 saturated heterocycles. The predicted octanol–water partition coefficient (Wildman–Crippen LogP) is 2.05. The zero-order valence-electron chi connectivity index (χ0n) is 12.0. The summed E-state index contributed by atoms with van der Waals surface area (Å²) in [6.45, 7) is 2.08. The van der Waals surface area contributed by atoms with Gasteiger partial charge in [-0.05, 0) is 36.6 Å². The van der Waals surface area contributed by atoms with Crippen molar-refractivity contribution in [2.24, 2.45) is 5.14 Å². The number of anilines is 2. The zero-order valence-corrected chi connectivity index (χ0v) is 13.6. The lowest BCUT2D eigenvalue weighted by molar-refractivity contribution is 0.597. The first-order valence-corrected chi connectivity index (χ1v) is 8.88. The Kier molecular flexibility index (Phi) is 4.55. The van der Waals surface area contributed by atoms with E-state index in [9.17, 15) is 8.42 Å². The van der Waals surface area contributed by atoms with E-state index in [1.165, 1.54) is 10.9 Å². The van der Waals surface area contributed by atoms with Crippen molar-refractivity contribution < 1.29 is 8.42 Å². The third-order valence-corrected chi connectivity index (χ3v) is 5.18. The molecule has 1 atom stereocenters. The topological polar surface area (TPSA) is 89.4 Å². The fraction of sp³-hybridized carbons (Fsp3) is 0.286. The first-order valence-electron chi connectivity index (χ1n) is 6.46. The number of benzene rings is 1. The van der Waals surface area contributed by atoms with Gasteiger partial charge in [-0.15, -0.1) is 11.3 Å². The number of likely N-dealkylation sites (N-methyl/N-ethyl adjacent to an activating group) is 1. The van der Waals surface area contributed by atoms with Crippen molar-refractivity contribution in [1.82, 2.24) is 0 Å². The quantitative estimate of drug-likeness (QED) is 0.823. The van der Waals surface area contributed by atoms with E-state index in [2.05, 4.69) is 13.0 Å². The van der Waals surface area contributed by atoms with Crippen LogP contribution in [0.15, 0.2) is 40.6 Å². The first-order chi connectivity index (χ1) is 9.77. The minimum Gasteiger partial charge on any atom is -0.399 e. The van der Waals surface area contributed by atoms with Crippen molar-refractivity contribution in [1.29, 1.82) is 0 Å². The molecule has 0 bridgehead atoms. The summed E-state index contributed by atoms with van der Waals surface area (Å²) in [5, 5.41) is 7.22. The molecular formula is C14H19N3O2S2. The second-order valence-corrected chi connectivity index (χ2v) is 7.64. The van der Waals surface area contributed by atoms with Crippen LogP contribution in [0.1, 0.15) is 11.8 Å². The fourth-order valence-corrected chi connectivity index (χ4v) is 3.50. The average Bonchev–Trinajstić information content (AvgIpc) is 2.88. The summed E-state index contributed by atoms with van der Waals surface area (Å²) >= 11 is 1.71. The van der Waals surface area contributed by atoms with Gasteiger partial charge in [0.05, 0.1) is 4.90 Å². The van der Waals surface area contributed by atoms with Crippen molar-refractivity contribution in [2.75, 3.05) is 17.7 Å². The Balaban J connectivity index is 2.26. The van der Waals surface area contributed by atoms with Gasteiger partial charge in [-0.2, -0.15) is 0 Å². The minimum absolute atomic E-state index is 0.0349. The van der Waals surface area contributed by atoms with Crippen LogP contribution in [0.3, 0.4) is 0 Å². The van der Waals surface area contributed by atoms with Crippen molar-refractivity contribution >= 4 is 32.7 Å². The molecule has 0 saturated carbocycles. The van der Waals surface area contributed by atoms with Gasteiger partial charge in [0.25, 0.3) is 0 Å². The molecule has 7 heteroatoms. The number of nitrogens with zero attached hydrogens (tertiary/aromatic N) is 1. The van der Waals surface area contributed by atoms with Crippen LogP contribution in [-0.4, -0.2) is 21.5 Å². The molecular weight excluding hydrogens is 306 g/mol. The van der Waals surface area contributed by atoms with Gasteiger partial charge in [-0.25, -0.2) is 13.6 Å². The Morgan fingerprint density at radius 3 is 2.62 bits per heavy atom. The summed E-state index contributed by atoms with van der Waals surface area (Å²) in [4.78, 5) is 3.32. The molecule has 2 rings (SSSR count). The van der Waals surface area contributed by atoms with E-state index >= 15 is 0 Å². The number of hydrogen-bond donors (Lipinski definition) is 2. The highest BCUT2D eigenvalue weighted by Gasteiger charge is 2.16. The van der Waals surface area contributed by atoms with Crippen LogP contribution in [0.2, 0.25) is 0 Å². The lowest BCUT2D eigenvalue weighted by atomic mass is 10.1. The van der Waals surface area contributed by atoms with Gasteiger partial charge in [-0.3, -0.25) is 0 Å². The zero-order chi connectivity index (χ0) is 15.6. The monoisotopic (exact) mass is 325 g/mol. The Hall–Kier alpha value is -1.57. The van der Waals surface area contributed by atoms with Crippen LogP contribution in [0.5, 0.6) is 0 Å². The van der Waals surface area contributed by atoms with E-state index in [0.29, 0.717) is 5.69 Å². The molecule has 1 heterocycles. The number of rotatable bonds is 5. The predicted molar refractivity (Wildman–Crippen MR) is 88.1 cm³/mol. The Labute approximate surface area is 129 Å².